The Morgan fingerprint density at radius 2 is 1.89 bits per heavy atom. The second-order valence-corrected chi connectivity index (χ2v) is 5.95. The summed E-state index contributed by atoms with van der Waals surface area (Å²) in [4.78, 5) is 20.5. The zero-order chi connectivity index (χ0) is 18.9. The van der Waals surface area contributed by atoms with Crippen LogP contribution >= 0.6 is 0 Å². The molecule has 2 aromatic carbocycles. The average Bonchev–Trinajstić information content (AvgIpc) is 2.72. The number of aromatic nitrogens is 2. The van der Waals surface area contributed by atoms with E-state index in [1.165, 1.54) is 18.0 Å². The first-order chi connectivity index (χ1) is 13.2. The van der Waals surface area contributed by atoms with Crippen molar-refractivity contribution in [2.45, 2.75) is 12.8 Å². The van der Waals surface area contributed by atoms with Crippen molar-refractivity contribution in [2.75, 3.05) is 11.9 Å². The van der Waals surface area contributed by atoms with Crippen molar-refractivity contribution in [1.82, 2.24) is 15.3 Å². The maximum atomic E-state index is 12.1. The van der Waals surface area contributed by atoms with Crippen LogP contribution < -0.4 is 10.6 Å². The molecule has 0 bridgehead atoms. The minimum absolute atomic E-state index is 0.242. The van der Waals surface area contributed by atoms with Crippen LogP contribution in [-0.4, -0.2) is 22.4 Å². The van der Waals surface area contributed by atoms with Crippen molar-refractivity contribution in [2.24, 2.45) is 0 Å². The SMILES string of the molecule is N#Cc1cccc(Nc2cnc(C(=O)NCCCc3ccccc3)cn2)c1. The summed E-state index contributed by atoms with van der Waals surface area (Å²) in [5.41, 5.74) is 2.81. The summed E-state index contributed by atoms with van der Waals surface area (Å²) in [7, 11) is 0. The maximum Gasteiger partial charge on any atom is 0.271 e. The van der Waals surface area contributed by atoms with E-state index in [1.54, 1.807) is 18.2 Å². The minimum Gasteiger partial charge on any atom is -0.351 e. The van der Waals surface area contributed by atoms with Gasteiger partial charge in [-0.3, -0.25) is 4.79 Å². The van der Waals surface area contributed by atoms with Crippen molar-refractivity contribution in [3.8, 4) is 6.07 Å². The number of nitrogens with one attached hydrogen (secondary N) is 2. The van der Waals surface area contributed by atoms with Crippen LogP contribution in [0.25, 0.3) is 0 Å². The molecule has 0 unspecified atom stereocenters. The molecule has 0 atom stereocenters. The zero-order valence-corrected chi connectivity index (χ0v) is 14.7. The highest BCUT2D eigenvalue weighted by atomic mass is 16.1. The van der Waals surface area contributed by atoms with Gasteiger partial charge in [0.05, 0.1) is 24.0 Å². The second kappa shape index (κ2) is 9.11. The summed E-state index contributed by atoms with van der Waals surface area (Å²) in [6.45, 7) is 0.580. The zero-order valence-electron chi connectivity index (χ0n) is 14.7. The topological polar surface area (TPSA) is 90.7 Å². The number of rotatable bonds is 7. The fraction of sp³-hybridized carbons (Fsp3) is 0.143. The van der Waals surface area contributed by atoms with Gasteiger partial charge >= 0.3 is 0 Å². The van der Waals surface area contributed by atoms with Crippen LogP contribution in [0.15, 0.2) is 67.0 Å². The standard InChI is InChI=1S/C21H19N5O/c22-13-17-8-4-10-18(12-17)26-20-15-24-19(14-25-20)21(27)23-11-5-9-16-6-2-1-3-7-16/h1-4,6-8,10,12,14-15H,5,9,11H2,(H,23,27)(H,25,26). The Morgan fingerprint density at radius 1 is 1.04 bits per heavy atom. The smallest absolute Gasteiger partial charge is 0.271 e. The van der Waals surface area contributed by atoms with Gasteiger partial charge in [0.15, 0.2) is 0 Å². The number of carbonyl (C=O) groups excluding carboxylic acids is 1. The molecule has 0 spiro atoms. The van der Waals surface area contributed by atoms with Crippen molar-refractivity contribution >= 4 is 17.4 Å². The van der Waals surface area contributed by atoms with E-state index in [1.807, 2.05) is 24.3 Å². The van der Waals surface area contributed by atoms with Crippen LogP contribution in [0.3, 0.4) is 0 Å². The number of hydrogen-bond acceptors (Lipinski definition) is 5. The highest BCUT2D eigenvalue weighted by Gasteiger charge is 2.07. The van der Waals surface area contributed by atoms with Gasteiger partial charge in [-0.05, 0) is 36.6 Å². The van der Waals surface area contributed by atoms with E-state index >= 15 is 0 Å². The number of nitriles is 1. The predicted molar refractivity (Wildman–Crippen MR) is 104 cm³/mol. The molecule has 0 saturated heterocycles. The Balaban J connectivity index is 1.49. The van der Waals surface area contributed by atoms with Crippen LogP contribution in [0.5, 0.6) is 0 Å². The first-order valence-corrected chi connectivity index (χ1v) is 8.66. The fourth-order valence-corrected chi connectivity index (χ4v) is 2.55. The molecule has 134 valence electrons. The van der Waals surface area contributed by atoms with Crippen LogP contribution in [0.4, 0.5) is 11.5 Å². The number of amides is 1. The third-order valence-electron chi connectivity index (χ3n) is 3.92. The predicted octanol–water partition coefficient (Wildman–Crippen LogP) is 3.45. The van der Waals surface area contributed by atoms with Gasteiger partial charge in [-0.1, -0.05) is 36.4 Å². The van der Waals surface area contributed by atoms with Gasteiger partial charge in [0, 0.05) is 12.2 Å². The van der Waals surface area contributed by atoms with Gasteiger partial charge < -0.3 is 10.6 Å². The van der Waals surface area contributed by atoms with Crippen molar-refractivity contribution in [3.05, 3.63) is 83.8 Å². The molecule has 0 aliphatic heterocycles. The minimum atomic E-state index is -0.242. The van der Waals surface area contributed by atoms with E-state index in [0.29, 0.717) is 17.9 Å². The maximum absolute atomic E-state index is 12.1. The summed E-state index contributed by atoms with van der Waals surface area (Å²) in [5, 5.41) is 14.8. The first kappa shape index (κ1) is 18.1. The van der Waals surface area contributed by atoms with Gasteiger partial charge in [-0.15, -0.1) is 0 Å². The quantitative estimate of drug-likeness (QED) is 0.632. The molecule has 2 N–H and O–H groups in total. The molecule has 3 aromatic rings. The second-order valence-electron chi connectivity index (χ2n) is 5.95. The first-order valence-electron chi connectivity index (χ1n) is 8.66. The van der Waals surface area contributed by atoms with Crippen LogP contribution in [0, 0.1) is 11.3 Å². The Kier molecular flexibility index (Phi) is 6.10. The van der Waals surface area contributed by atoms with E-state index in [9.17, 15) is 4.79 Å². The number of nitrogens with zero attached hydrogens (tertiary/aromatic N) is 3. The lowest BCUT2D eigenvalue weighted by Gasteiger charge is -2.07. The molecule has 0 aliphatic carbocycles. The van der Waals surface area contributed by atoms with Gasteiger partial charge in [0.25, 0.3) is 5.91 Å². The third kappa shape index (κ3) is 5.38. The summed E-state index contributed by atoms with van der Waals surface area (Å²) < 4.78 is 0. The summed E-state index contributed by atoms with van der Waals surface area (Å²) in [6, 6.07) is 19.3. The van der Waals surface area contributed by atoms with E-state index in [0.717, 1.165) is 18.5 Å². The van der Waals surface area contributed by atoms with Gasteiger partial charge in [0.1, 0.15) is 11.5 Å². The molecule has 1 heterocycles. The highest BCUT2D eigenvalue weighted by molar-refractivity contribution is 5.92. The molecule has 0 fully saturated rings. The molecule has 3 rings (SSSR count). The number of anilines is 2. The normalized spacial score (nSPS) is 10.0. The van der Waals surface area contributed by atoms with Crippen molar-refractivity contribution in [1.29, 1.82) is 5.26 Å². The Bertz CT molecular complexity index is 933. The molecular formula is C21H19N5O. The molecule has 6 heteroatoms. The number of carbonyl (C=O) groups is 1. The lowest BCUT2D eigenvalue weighted by atomic mass is 10.1. The Morgan fingerprint density at radius 3 is 2.63 bits per heavy atom. The molecule has 0 saturated carbocycles. The molecule has 1 amide bonds. The van der Waals surface area contributed by atoms with Crippen LogP contribution in [-0.2, 0) is 6.42 Å². The number of hydrogen-bond donors (Lipinski definition) is 2. The Labute approximate surface area is 157 Å². The van der Waals surface area contributed by atoms with Crippen LogP contribution in [0.1, 0.15) is 28.0 Å². The molecule has 0 radical (unpaired) electrons. The van der Waals surface area contributed by atoms with Crippen LogP contribution in [0.2, 0.25) is 0 Å². The largest absolute Gasteiger partial charge is 0.351 e. The Hall–Kier alpha value is -3.72. The number of aryl methyl sites for hydroxylation is 1. The van der Waals surface area contributed by atoms with Crippen molar-refractivity contribution in [3.63, 3.8) is 0 Å². The van der Waals surface area contributed by atoms with Gasteiger partial charge in [-0.2, -0.15) is 5.26 Å². The van der Waals surface area contributed by atoms with E-state index in [-0.39, 0.29) is 11.6 Å². The van der Waals surface area contributed by atoms with Gasteiger partial charge in [0.2, 0.25) is 0 Å². The van der Waals surface area contributed by atoms with Crippen molar-refractivity contribution < 1.29 is 4.79 Å². The van der Waals surface area contributed by atoms with Gasteiger partial charge in [-0.25, -0.2) is 9.97 Å². The van der Waals surface area contributed by atoms with E-state index in [2.05, 4.69) is 38.8 Å². The number of benzene rings is 2. The molecule has 0 aliphatic rings. The molecular weight excluding hydrogens is 338 g/mol. The van der Waals surface area contributed by atoms with E-state index in [4.69, 9.17) is 5.26 Å². The monoisotopic (exact) mass is 357 g/mol. The highest BCUT2D eigenvalue weighted by Crippen LogP contribution is 2.15. The van der Waals surface area contributed by atoms with E-state index < -0.39 is 0 Å². The molecule has 27 heavy (non-hydrogen) atoms. The summed E-state index contributed by atoms with van der Waals surface area (Å²) in [6.07, 6.45) is 4.70. The molecule has 1 aromatic heterocycles. The molecule has 6 nitrogen and oxygen atoms in total. The lowest BCUT2D eigenvalue weighted by Crippen LogP contribution is -2.25. The summed E-state index contributed by atoms with van der Waals surface area (Å²) in [5.74, 6) is 0.263. The third-order valence-corrected chi connectivity index (χ3v) is 3.92. The lowest BCUT2D eigenvalue weighted by molar-refractivity contribution is 0.0948. The average molecular weight is 357 g/mol. The fourth-order valence-electron chi connectivity index (χ4n) is 2.55. The summed E-state index contributed by atoms with van der Waals surface area (Å²) >= 11 is 0.